The second-order valence-electron chi connectivity index (χ2n) is 6.99. The van der Waals surface area contributed by atoms with Gasteiger partial charge in [0.05, 0.1) is 11.9 Å². The molecule has 130 valence electrons. The van der Waals surface area contributed by atoms with E-state index in [-0.39, 0.29) is 5.91 Å². The summed E-state index contributed by atoms with van der Waals surface area (Å²) in [4.78, 5) is 21.7. The first kappa shape index (κ1) is 16.1. The Kier molecular flexibility index (Phi) is 4.43. The molecule has 4 heteroatoms. The number of piperidine rings is 1. The number of anilines is 2. The summed E-state index contributed by atoms with van der Waals surface area (Å²) in [5.41, 5.74) is 4.26. The minimum atomic E-state index is 0.0833. The first-order valence-electron chi connectivity index (χ1n) is 9.40. The van der Waals surface area contributed by atoms with Gasteiger partial charge in [0, 0.05) is 24.8 Å². The van der Waals surface area contributed by atoms with Crippen LogP contribution in [0.25, 0.3) is 0 Å². The fourth-order valence-electron chi connectivity index (χ4n) is 4.12. The van der Waals surface area contributed by atoms with Gasteiger partial charge in [0.25, 0.3) is 5.91 Å². The fourth-order valence-corrected chi connectivity index (χ4v) is 4.12. The maximum Gasteiger partial charge on any atom is 0.272 e. The summed E-state index contributed by atoms with van der Waals surface area (Å²) in [6.07, 6.45) is 7.37. The molecule has 4 rings (SSSR count). The van der Waals surface area contributed by atoms with E-state index in [1.54, 1.807) is 0 Å². The number of hydrogen-bond donors (Lipinski definition) is 0. The normalized spacial score (nSPS) is 19.8. The van der Waals surface area contributed by atoms with Crippen molar-refractivity contribution >= 4 is 17.3 Å². The highest BCUT2D eigenvalue weighted by Crippen LogP contribution is 2.33. The van der Waals surface area contributed by atoms with Crippen LogP contribution in [-0.4, -0.2) is 34.9 Å². The third-order valence-electron chi connectivity index (χ3n) is 5.53. The van der Waals surface area contributed by atoms with Gasteiger partial charge >= 0.3 is 0 Å². The smallest absolute Gasteiger partial charge is 0.272 e. The molecule has 3 heterocycles. The molecule has 4 nitrogen and oxygen atoms in total. The zero-order valence-corrected chi connectivity index (χ0v) is 14.8. The van der Waals surface area contributed by atoms with Crippen LogP contribution in [0, 0.1) is 0 Å². The van der Waals surface area contributed by atoms with Crippen molar-refractivity contribution in [1.82, 2.24) is 9.88 Å². The highest BCUT2D eigenvalue weighted by Gasteiger charge is 2.27. The first-order chi connectivity index (χ1) is 12.3. The standard InChI is InChI=1S/C21H25N3O/c1-2-17-8-5-6-13-24(17)21(25)19-11-10-18(15-22-19)23-14-12-16-7-3-4-9-20(16)23/h3-4,7,9-11,15,17H,2,5-6,8,12-14H2,1H3. The van der Waals surface area contributed by atoms with Crippen molar-refractivity contribution in [3.8, 4) is 0 Å². The van der Waals surface area contributed by atoms with Crippen molar-refractivity contribution in [2.45, 2.75) is 45.1 Å². The lowest BCUT2D eigenvalue weighted by atomic mass is 9.99. The highest BCUT2D eigenvalue weighted by atomic mass is 16.2. The third-order valence-corrected chi connectivity index (χ3v) is 5.53. The molecule has 1 fully saturated rings. The van der Waals surface area contributed by atoms with Crippen LogP contribution in [0.4, 0.5) is 11.4 Å². The number of aromatic nitrogens is 1. The molecule has 0 bridgehead atoms. The Balaban J connectivity index is 1.53. The van der Waals surface area contributed by atoms with Gasteiger partial charge in [0.15, 0.2) is 0 Å². The SMILES string of the molecule is CCC1CCCCN1C(=O)c1ccc(N2CCc3ccccc32)cn1. The van der Waals surface area contributed by atoms with Crippen LogP contribution in [0.1, 0.15) is 48.7 Å². The molecule has 0 radical (unpaired) electrons. The predicted molar refractivity (Wildman–Crippen MR) is 100 cm³/mol. The summed E-state index contributed by atoms with van der Waals surface area (Å²) in [6.45, 7) is 4.00. The molecule has 2 aromatic rings. The Morgan fingerprint density at radius 1 is 1.16 bits per heavy atom. The molecule has 1 saturated heterocycles. The van der Waals surface area contributed by atoms with Gasteiger partial charge in [-0.2, -0.15) is 0 Å². The van der Waals surface area contributed by atoms with Crippen LogP contribution in [0.15, 0.2) is 42.6 Å². The minimum absolute atomic E-state index is 0.0833. The number of benzene rings is 1. The largest absolute Gasteiger partial charge is 0.340 e. The van der Waals surface area contributed by atoms with Crippen LogP contribution in [-0.2, 0) is 6.42 Å². The number of hydrogen-bond acceptors (Lipinski definition) is 3. The van der Waals surface area contributed by atoms with E-state index in [9.17, 15) is 4.79 Å². The Morgan fingerprint density at radius 3 is 2.84 bits per heavy atom. The number of carbonyl (C=O) groups is 1. The van der Waals surface area contributed by atoms with Crippen LogP contribution in [0.3, 0.4) is 0 Å². The Bertz CT molecular complexity index is 756. The summed E-state index contributed by atoms with van der Waals surface area (Å²) < 4.78 is 0. The lowest BCUT2D eigenvalue weighted by Crippen LogP contribution is -2.43. The average molecular weight is 335 g/mol. The van der Waals surface area contributed by atoms with E-state index in [4.69, 9.17) is 0 Å². The number of rotatable bonds is 3. The van der Waals surface area contributed by atoms with Crippen molar-refractivity contribution in [2.75, 3.05) is 18.0 Å². The highest BCUT2D eigenvalue weighted by molar-refractivity contribution is 5.93. The Morgan fingerprint density at radius 2 is 2.04 bits per heavy atom. The van der Waals surface area contributed by atoms with Crippen molar-refractivity contribution < 1.29 is 4.79 Å². The van der Waals surface area contributed by atoms with Gasteiger partial charge in [0.1, 0.15) is 5.69 Å². The summed E-state index contributed by atoms with van der Waals surface area (Å²) in [6, 6.07) is 12.8. The van der Waals surface area contributed by atoms with E-state index in [0.29, 0.717) is 11.7 Å². The zero-order valence-electron chi connectivity index (χ0n) is 14.8. The maximum absolute atomic E-state index is 12.8. The number of likely N-dealkylation sites (tertiary alicyclic amines) is 1. The van der Waals surface area contributed by atoms with Gasteiger partial charge in [0.2, 0.25) is 0 Å². The Hall–Kier alpha value is -2.36. The molecule has 1 atom stereocenters. The van der Waals surface area contributed by atoms with Gasteiger partial charge in [-0.05, 0) is 55.9 Å². The van der Waals surface area contributed by atoms with E-state index in [1.165, 1.54) is 17.7 Å². The summed E-state index contributed by atoms with van der Waals surface area (Å²) in [5.74, 6) is 0.0833. The maximum atomic E-state index is 12.8. The predicted octanol–water partition coefficient (Wildman–Crippen LogP) is 4.18. The van der Waals surface area contributed by atoms with E-state index in [1.807, 2.05) is 23.2 Å². The van der Waals surface area contributed by atoms with Crippen molar-refractivity contribution in [2.24, 2.45) is 0 Å². The van der Waals surface area contributed by atoms with Gasteiger partial charge in [-0.1, -0.05) is 25.1 Å². The molecule has 25 heavy (non-hydrogen) atoms. The van der Waals surface area contributed by atoms with Crippen LogP contribution < -0.4 is 4.90 Å². The number of para-hydroxylation sites is 1. The van der Waals surface area contributed by atoms with Crippen molar-refractivity contribution in [3.05, 3.63) is 53.9 Å². The molecule has 2 aliphatic rings. The molecule has 1 aromatic carbocycles. The molecule has 0 saturated carbocycles. The minimum Gasteiger partial charge on any atom is -0.340 e. The summed E-state index contributed by atoms with van der Waals surface area (Å²) >= 11 is 0. The number of nitrogens with zero attached hydrogens (tertiary/aromatic N) is 3. The molecule has 1 amide bonds. The molecule has 2 aliphatic heterocycles. The molecule has 0 aliphatic carbocycles. The summed E-state index contributed by atoms with van der Waals surface area (Å²) in [5, 5.41) is 0. The fraction of sp³-hybridized carbons (Fsp3) is 0.429. The number of fused-ring (bicyclic) bond motifs is 1. The van der Waals surface area contributed by atoms with Crippen molar-refractivity contribution in [1.29, 1.82) is 0 Å². The van der Waals surface area contributed by atoms with Gasteiger partial charge in [-0.3, -0.25) is 4.79 Å². The average Bonchev–Trinajstić information content (AvgIpc) is 3.11. The van der Waals surface area contributed by atoms with Crippen LogP contribution in [0.5, 0.6) is 0 Å². The quantitative estimate of drug-likeness (QED) is 0.844. The topological polar surface area (TPSA) is 36.4 Å². The van der Waals surface area contributed by atoms with Gasteiger partial charge < -0.3 is 9.80 Å². The monoisotopic (exact) mass is 335 g/mol. The molecule has 0 N–H and O–H groups in total. The molecule has 1 aromatic heterocycles. The number of pyridine rings is 1. The molecule has 1 unspecified atom stereocenters. The summed E-state index contributed by atoms with van der Waals surface area (Å²) in [7, 11) is 0. The van der Waals surface area contributed by atoms with Crippen LogP contribution in [0.2, 0.25) is 0 Å². The molecular weight excluding hydrogens is 310 g/mol. The first-order valence-corrected chi connectivity index (χ1v) is 9.40. The molecular formula is C21H25N3O. The van der Waals surface area contributed by atoms with E-state index < -0.39 is 0 Å². The third kappa shape index (κ3) is 3.01. The zero-order chi connectivity index (χ0) is 17.2. The van der Waals surface area contributed by atoms with Gasteiger partial charge in [-0.25, -0.2) is 4.98 Å². The lowest BCUT2D eigenvalue weighted by molar-refractivity contribution is 0.0602. The number of carbonyl (C=O) groups excluding carboxylic acids is 1. The van der Waals surface area contributed by atoms with E-state index in [2.05, 4.69) is 41.1 Å². The Labute approximate surface area is 149 Å². The second kappa shape index (κ2) is 6.87. The van der Waals surface area contributed by atoms with Crippen molar-refractivity contribution in [3.63, 3.8) is 0 Å². The van der Waals surface area contributed by atoms with Gasteiger partial charge in [-0.15, -0.1) is 0 Å². The van der Waals surface area contributed by atoms with Crippen LogP contribution >= 0.6 is 0 Å². The second-order valence-corrected chi connectivity index (χ2v) is 6.99. The lowest BCUT2D eigenvalue weighted by Gasteiger charge is -2.35. The van der Waals surface area contributed by atoms with E-state index in [0.717, 1.165) is 44.5 Å². The molecule has 0 spiro atoms. The van der Waals surface area contributed by atoms with E-state index >= 15 is 0 Å². The number of amides is 1.